The van der Waals surface area contributed by atoms with Crippen molar-refractivity contribution in [2.24, 2.45) is 0 Å². The lowest BCUT2D eigenvalue weighted by Crippen LogP contribution is -2.01. The second-order valence-corrected chi connectivity index (χ2v) is 8.85. The standard InChI is InChI=1S/C32H18N4/c33-19-21-14-17-28(22(18-21)20-34)36-30-13-7-5-11-25(30)27-16-15-26-24-10-4-6-12-29(24)35(31(26)32(27)36)23-8-2-1-3-9-23/h1-18H. The van der Waals surface area contributed by atoms with E-state index in [2.05, 4.69) is 94.1 Å². The minimum atomic E-state index is 0.469. The van der Waals surface area contributed by atoms with E-state index in [-0.39, 0.29) is 0 Å². The fraction of sp³-hybridized carbons (Fsp3) is 0. The average molecular weight is 459 g/mol. The third-order valence-corrected chi connectivity index (χ3v) is 6.97. The Morgan fingerprint density at radius 2 is 1.08 bits per heavy atom. The van der Waals surface area contributed by atoms with Crippen LogP contribution in [-0.2, 0) is 0 Å². The van der Waals surface area contributed by atoms with E-state index in [1.54, 1.807) is 12.1 Å². The van der Waals surface area contributed by atoms with E-state index in [0.29, 0.717) is 11.1 Å². The van der Waals surface area contributed by atoms with Crippen molar-refractivity contribution in [1.82, 2.24) is 9.13 Å². The zero-order valence-electron chi connectivity index (χ0n) is 19.2. The van der Waals surface area contributed by atoms with Gasteiger partial charge in [-0.1, -0.05) is 66.7 Å². The van der Waals surface area contributed by atoms with Crippen LogP contribution in [0.3, 0.4) is 0 Å². The number of benzene rings is 5. The second kappa shape index (κ2) is 7.60. The number of hydrogen-bond donors (Lipinski definition) is 0. The Bertz CT molecular complexity index is 2060. The molecule has 0 N–H and O–H groups in total. The summed E-state index contributed by atoms with van der Waals surface area (Å²) in [5, 5.41) is 24.1. The molecule has 4 heteroatoms. The van der Waals surface area contributed by atoms with Gasteiger partial charge in [0.2, 0.25) is 0 Å². The number of para-hydroxylation sites is 3. The maximum absolute atomic E-state index is 10.1. The molecule has 0 aliphatic carbocycles. The van der Waals surface area contributed by atoms with Gasteiger partial charge in [-0.05, 0) is 42.5 Å². The van der Waals surface area contributed by atoms with E-state index in [4.69, 9.17) is 0 Å². The Morgan fingerprint density at radius 1 is 0.500 bits per heavy atom. The first-order chi connectivity index (χ1) is 17.8. The van der Waals surface area contributed by atoms with Crippen molar-refractivity contribution in [1.29, 1.82) is 10.5 Å². The first kappa shape index (κ1) is 20.1. The first-order valence-corrected chi connectivity index (χ1v) is 11.8. The number of rotatable bonds is 2. The Morgan fingerprint density at radius 3 is 1.72 bits per heavy atom. The van der Waals surface area contributed by atoms with Crippen LogP contribution in [0, 0.1) is 22.7 Å². The van der Waals surface area contributed by atoms with Crippen molar-refractivity contribution in [2.45, 2.75) is 0 Å². The molecule has 5 aromatic carbocycles. The SMILES string of the molecule is N#Cc1ccc(-n2c3ccccc3c3ccc4c5ccccc5n(-c5ccccc5)c4c32)c(C#N)c1. The summed E-state index contributed by atoms with van der Waals surface area (Å²) in [6.07, 6.45) is 0. The molecule has 7 aromatic rings. The summed E-state index contributed by atoms with van der Waals surface area (Å²) in [4.78, 5) is 0. The molecule has 0 amide bonds. The van der Waals surface area contributed by atoms with Gasteiger partial charge in [-0.25, -0.2) is 0 Å². The highest BCUT2D eigenvalue weighted by atomic mass is 15.0. The molecule has 0 bridgehead atoms. The van der Waals surface area contributed by atoms with E-state index >= 15 is 0 Å². The number of nitrogens with zero attached hydrogens (tertiary/aromatic N) is 4. The molecule has 0 atom stereocenters. The van der Waals surface area contributed by atoms with E-state index in [0.717, 1.165) is 49.6 Å². The summed E-state index contributed by atoms with van der Waals surface area (Å²) in [7, 11) is 0. The second-order valence-electron chi connectivity index (χ2n) is 8.85. The fourth-order valence-electron chi connectivity index (χ4n) is 5.49. The molecular formula is C32H18N4. The molecule has 7 rings (SSSR count). The van der Waals surface area contributed by atoms with Gasteiger partial charge < -0.3 is 9.13 Å². The number of fused-ring (bicyclic) bond motifs is 7. The molecule has 4 nitrogen and oxygen atoms in total. The zero-order valence-corrected chi connectivity index (χ0v) is 19.2. The molecule has 2 aromatic heterocycles. The van der Waals surface area contributed by atoms with Crippen molar-refractivity contribution in [2.75, 3.05) is 0 Å². The van der Waals surface area contributed by atoms with Crippen LogP contribution in [-0.4, -0.2) is 9.13 Å². The van der Waals surface area contributed by atoms with E-state index < -0.39 is 0 Å². The Balaban J connectivity index is 1.78. The fourth-order valence-corrected chi connectivity index (χ4v) is 5.49. The average Bonchev–Trinajstić information content (AvgIpc) is 3.46. The molecule has 0 saturated heterocycles. The lowest BCUT2D eigenvalue weighted by atomic mass is 10.1. The molecule has 0 radical (unpaired) electrons. The lowest BCUT2D eigenvalue weighted by molar-refractivity contribution is 1.14. The molecule has 0 saturated carbocycles. The maximum atomic E-state index is 10.1. The third-order valence-electron chi connectivity index (χ3n) is 6.97. The van der Waals surface area contributed by atoms with Crippen LogP contribution in [0.2, 0.25) is 0 Å². The van der Waals surface area contributed by atoms with Crippen molar-refractivity contribution in [3.63, 3.8) is 0 Å². The summed E-state index contributed by atoms with van der Waals surface area (Å²) in [6, 6.07) is 41.4. The number of hydrogen-bond acceptors (Lipinski definition) is 2. The van der Waals surface area contributed by atoms with Crippen LogP contribution in [0.15, 0.2) is 109 Å². The van der Waals surface area contributed by atoms with Gasteiger partial charge in [-0.3, -0.25) is 0 Å². The first-order valence-electron chi connectivity index (χ1n) is 11.8. The molecule has 0 fully saturated rings. The van der Waals surface area contributed by atoms with Gasteiger partial charge in [0.1, 0.15) is 6.07 Å². The topological polar surface area (TPSA) is 57.4 Å². The van der Waals surface area contributed by atoms with Crippen LogP contribution in [0.4, 0.5) is 0 Å². The maximum Gasteiger partial charge on any atom is 0.101 e. The van der Waals surface area contributed by atoms with Crippen molar-refractivity contribution < 1.29 is 0 Å². The summed E-state index contributed by atoms with van der Waals surface area (Å²) in [5.74, 6) is 0. The Hall–Kier alpha value is -5.32. The van der Waals surface area contributed by atoms with Crippen molar-refractivity contribution >= 4 is 43.6 Å². The smallest absolute Gasteiger partial charge is 0.101 e. The zero-order chi connectivity index (χ0) is 24.2. The predicted octanol–water partition coefficient (Wildman–Crippen LogP) is 7.62. The molecule has 0 spiro atoms. The summed E-state index contributed by atoms with van der Waals surface area (Å²) in [6.45, 7) is 0. The van der Waals surface area contributed by atoms with Gasteiger partial charge in [-0.15, -0.1) is 0 Å². The summed E-state index contributed by atoms with van der Waals surface area (Å²) >= 11 is 0. The number of nitriles is 2. The highest BCUT2D eigenvalue weighted by molar-refractivity contribution is 6.23. The molecule has 0 aliphatic rings. The molecule has 166 valence electrons. The highest BCUT2D eigenvalue weighted by Gasteiger charge is 2.22. The van der Waals surface area contributed by atoms with E-state index in [1.165, 1.54) is 5.39 Å². The van der Waals surface area contributed by atoms with Gasteiger partial charge in [0.05, 0.1) is 45.0 Å². The minimum Gasteiger partial charge on any atom is -0.307 e. The van der Waals surface area contributed by atoms with Crippen LogP contribution >= 0.6 is 0 Å². The molecule has 0 aliphatic heterocycles. The summed E-state index contributed by atoms with van der Waals surface area (Å²) in [5.41, 5.74) is 7.05. The van der Waals surface area contributed by atoms with Crippen LogP contribution in [0.1, 0.15) is 11.1 Å². The van der Waals surface area contributed by atoms with Crippen LogP contribution in [0.25, 0.3) is 55.0 Å². The Kier molecular flexibility index (Phi) is 4.24. The van der Waals surface area contributed by atoms with Gasteiger partial charge in [0.15, 0.2) is 0 Å². The van der Waals surface area contributed by atoms with Crippen LogP contribution < -0.4 is 0 Å². The Labute approximate surface area is 207 Å². The largest absolute Gasteiger partial charge is 0.307 e. The van der Waals surface area contributed by atoms with E-state index in [9.17, 15) is 10.5 Å². The minimum absolute atomic E-state index is 0.469. The molecule has 36 heavy (non-hydrogen) atoms. The quantitative estimate of drug-likeness (QED) is 0.267. The lowest BCUT2D eigenvalue weighted by Gasteiger charge is -2.13. The van der Waals surface area contributed by atoms with Crippen molar-refractivity contribution in [3.8, 4) is 23.5 Å². The predicted molar refractivity (Wildman–Crippen MR) is 145 cm³/mol. The van der Waals surface area contributed by atoms with E-state index in [1.807, 2.05) is 24.3 Å². The van der Waals surface area contributed by atoms with Gasteiger partial charge in [0, 0.05) is 27.2 Å². The number of aromatic nitrogens is 2. The monoisotopic (exact) mass is 458 g/mol. The van der Waals surface area contributed by atoms with Crippen molar-refractivity contribution in [3.05, 3.63) is 120 Å². The van der Waals surface area contributed by atoms with Crippen LogP contribution in [0.5, 0.6) is 0 Å². The van der Waals surface area contributed by atoms with Gasteiger partial charge in [0.25, 0.3) is 0 Å². The normalized spacial score (nSPS) is 11.3. The third kappa shape index (κ3) is 2.67. The molecule has 2 heterocycles. The van der Waals surface area contributed by atoms with Gasteiger partial charge in [-0.2, -0.15) is 10.5 Å². The molecular weight excluding hydrogens is 440 g/mol. The van der Waals surface area contributed by atoms with Gasteiger partial charge >= 0.3 is 0 Å². The summed E-state index contributed by atoms with van der Waals surface area (Å²) < 4.78 is 4.50. The molecule has 0 unspecified atom stereocenters. The highest BCUT2D eigenvalue weighted by Crippen LogP contribution is 2.41.